The third-order valence-electron chi connectivity index (χ3n) is 5.02. The van der Waals surface area contributed by atoms with Crippen LogP contribution in [0.2, 0.25) is 0 Å². The molecular formula is C24H26N2O7. The first-order valence-electron chi connectivity index (χ1n) is 10.6. The molecule has 1 aliphatic rings. The summed E-state index contributed by atoms with van der Waals surface area (Å²) in [5, 5.41) is 2.59. The van der Waals surface area contributed by atoms with Crippen molar-refractivity contribution in [3.63, 3.8) is 0 Å². The topological polar surface area (TPSA) is 111 Å². The van der Waals surface area contributed by atoms with E-state index in [2.05, 4.69) is 5.32 Å². The van der Waals surface area contributed by atoms with Crippen LogP contribution in [0.4, 0.5) is 11.4 Å². The molecule has 2 aromatic rings. The maximum atomic E-state index is 12.4. The van der Waals surface area contributed by atoms with Crippen molar-refractivity contribution in [2.24, 2.45) is 5.92 Å². The SMILES string of the molecule is CCCOC(=O)c1ccc(NC(=O)COC(=O)[C@@H]2CC(=O)N(c3ccccc3OC)C2)cc1. The van der Waals surface area contributed by atoms with Crippen molar-refractivity contribution in [2.45, 2.75) is 19.8 Å². The predicted molar refractivity (Wildman–Crippen MR) is 120 cm³/mol. The Morgan fingerprint density at radius 2 is 1.79 bits per heavy atom. The van der Waals surface area contributed by atoms with E-state index in [9.17, 15) is 19.2 Å². The van der Waals surface area contributed by atoms with Crippen molar-refractivity contribution in [1.82, 2.24) is 0 Å². The van der Waals surface area contributed by atoms with Crippen LogP contribution in [-0.4, -0.2) is 50.6 Å². The van der Waals surface area contributed by atoms with Gasteiger partial charge in [-0.1, -0.05) is 19.1 Å². The van der Waals surface area contributed by atoms with Crippen LogP contribution in [0.1, 0.15) is 30.1 Å². The molecular weight excluding hydrogens is 428 g/mol. The van der Waals surface area contributed by atoms with Crippen molar-refractivity contribution < 1.29 is 33.4 Å². The molecule has 9 heteroatoms. The second-order valence-electron chi connectivity index (χ2n) is 7.45. The molecule has 0 aliphatic carbocycles. The van der Waals surface area contributed by atoms with E-state index in [0.717, 1.165) is 6.42 Å². The molecule has 2 amide bonds. The molecule has 1 saturated heterocycles. The molecule has 1 fully saturated rings. The molecule has 0 saturated carbocycles. The number of hydrogen-bond acceptors (Lipinski definition) is 7. The lowest BCUT2D eigenvalue weighted by Crippen LogP contribution is -2.28. The van der Waals surface area contributed by atoms with E-state index >= 15 is 0 Å². The highest BCUT2D eigenvalue weighted by atomic mass is 16.5. The average molecular weight is 454 g/mol. The Labute approximate surface area is 191 Å². The zero-order valence-electron chi connectivity index (χ0n) is 18.5. The summed E-state index contributed by atoms with van der Waals surface area (Å²) in [5.74, 6) is -1.95. The zero-order chi connectivity index (χ0) is 23.8. The van der Waals surface area contributed by atoms with Crippen molar-refractivity contribution in [3.05, 3.63) is 54.1 Å². The lowest BCUT2D eigenvalue weighted by atomic mass is 10.1. The van der Waals surface area contributed by atoms with Crippen molar-refractivity contribution >= 4 is 35.1 Å². The number of anilines is 2. The van der Waals surface area contributed by atoms with Gasteiger partial charge in [0, 0.05) is 18.7 Å². The second kappa shape index (κ2) is 11.1. The molecule has 1 atom stereocenters. The number of nitrogens with one attached hydrogen (secondary N) is 1. The minimum atomic E-state index is -0.677. The van der Waals surface area contributed by atoms with E-state index in [4.69, 9.17) is 14.2 Å². The molecule has 0 spiro atoms. The number of hydrogen-bond donors (Lipinski definition) is 1. The van der Waals surface area contributed by atoms with Crippen LogP contribution in [0.15, 0.2) is 48.5 Å². The summed E-state index contributed by atoms with van der Waals surface area (Å²) in [6.07, 6.45) is 0.722. The lowest BCUT2D eigenvalue weighted by molar-refractivity contribution is -0.151. The number of esters is 2. The van der Waals surface area contributed by atoms with Crippen LogP contribution in [0.5, 0.6) is 5.75 Å². The van der Waals surface area contributed by atoms with E-state index in [0.29, 0.717) is 29.3 Å². The third-order valence-corrected chi connectivity index (χ3v) is 5.02. The summed E-state index contributed by atoms with van der Waals surface area (Å²) >= 11 is 0. The van der Waals surface area contributed by atoms with Gasteiger partial charge in [0.15, 0.2) is 6.61 Å². The van der Waals surface area contributed by atoms with E-state index < -0.39 is 30.4 Å². The Hall–Kier alpha value is -3.88. The molecule has 2 aromatic carbocycles. The molecule has 0 bridgehead atoms. The van der Waals surface area contributed by atoms with Crippen LogP contribution >= 0.6 is 0 Å². The molecule has 3 rings (SSSR count). The fourth-order valence-corrected chi connectivity index (χ4v) is 3.37. The Balaban J connectivity index is 1.49. The third kappa shape index (κ3) is 6.09. The first-order chi connectivity index (χ1) is 15.9. The fraction of sp³-hybridized carbons (Fsp3) is 0.333. The van der Waals surface area contributed by atoms with Gasteiger partial charge in [-0.05, 0) is 42.8 Å². The Bertz CT molecular complexity index is 1020. The molecule has 0 unspecified atom stereocenters. The van der Waals surface area contributed by atoms with Gasteiger partial charge in [-0.3, -0.25) is 14.4 Å². The van der Waals surface area contributed by atoms with Gasteiger partial charge in [-0.2, -0.15) is 0 Å². The van der Waals surface area contributed by atoms with Gasteiger partial charge in [-0.25, -0.2) is 4.79 Å². The zero-order valence-corrected chi connectivity index (χ0v) is 18.5. The number of carbonyl (C=O) groups excluding carboxylic acids is 4. The fourth-order valence-electron chi connectivity index (χ4n) is 3.37. The van der Waals surface area contributed by atoms with Crippen LogP contribution in [0.25, 0.3) is 0 Å². The molecule has 0 aromatic heterocycles. The van der Waals surface area contributed by atoms with Gasteiger partial charge in [0.05, 0.1) is 30.9 Å². The molecule has 33 heavy (non-hydrogen) atoms. The van der Waals surface area contributed by atoms with E-state index in [1.807, 2.05) is 6.92 Å². The molecule has 1 heterocycles. The maximum absolute atomic E-state index is 12.4. The summed E-state index contributed by atoms with van der Waals surface area (Å²) in [5.41, 5.74) is 1.40. The van der Waals surface area contributed by atoms with Crippen molar-refractivity contribution in [2.75, 3.05) is 37.1 Å². The summed E-state index contributed by atoms with van der Waals surface area (Å²) in [6, 6.07) is 13.2. The standard InChI is InChI=1S/C24H26N2O7/c1-3-12-32-23(29)16-8-10-18(11-9-16)25-21(27)15-33-24(30)17-13-22(28)26(14-17)19-6-4-5-7-20(19)31-2/h4-11,17H,3,12-15H2,1-2H3,(H,25,27)/t17-/m1/s1. The molecule has 0 radical (unpaired) electrons. The van der Waals surface area contributed by atoms with E-state index in [-0.39, 0.29) is 18.9 Å². The minimum Gasteiger partial charge on any atom is -0.495 e. The second-order valence-corrected chi connectivity index (χ2v) is 7.45. The summed E-state index contributed by atoms with van der Waals surface area (Å²) in [7, 11) is 1.51. The van der Waals surface area contributed by atoms with Gasteiger partial charge < -0.3 is 24.4 Å². The number of ether oxygens (including phenoxy) is 3. The monoisotopic (exact) mass is 454 g/mol. The first-order valence-corrected chi connectivity index (χ1v) is 10.6. The van der Waals surface area contributed by atoms with E-state index in [1.165, 1.54) is 24.1 Å². The van der Waals surface area contributed by atoms with Gasteiger partial charge >= 0.3 is 11.9 Å². The summed E-state index contributed by atoms with van der Waals surface area (Å²) < 4.78 is 15.5. The highest BCUT2D eigenvalue weighted by molar-refractivity contribution is 6.01. The molecule has 9 nitrogen and oxygen atoms in total. The van der Waals surface area contributed by atoms with Crippen LogP contribution in [0, 0.1) is 5.92 Å². The Morgan fingerprint density at radius 3 is 2.48 bits per heavy atom. The van der Waals surface area contributed by atoms with Crippen LogP contribution in [-0.2, 0) is 23.9 Å². The normalized spacial score (nSPS) is 15.2. The Kier molecular flexibility index (Phi) is 8.01. The van der Waals surface area contributed by atoms with Crippen LogP contribution < -0.4 is 15.0 Å². The maximum Gasteiger partial charge on any atom is 0.338 e. The number of amides is 2. The summed E-state index contributed by atoms with van der Waals surface area (Å²) in [4.78, 5) is 50.3. The highest BCUT2D eigenvalue weighted by Crippen LogP contribution is 2.33. The minimum absolute atomic E-state index is 0.00586. The molecule has 174 valence electrons. The van der Waals surface area contributed by atoms with Gasteiger partial charge in [0.25, 0.3) is 5.91 Å². The number of methoxy groups -OCH3 is 1. The molecule has 1 aliphatic heterocycles. The molecule has 1 N–H and O–H groups in total. The van der Waals surface area contributed by atoms with Gasteiger partial charge in [-0.15, -0.1) is 0 Å². The number of para-hydroxylation sites is 2. The van der Waals surface area contributed by atoms with Gasteiger partial charge in [0.2, 0.25) is 5.91 Å². The number of rotatable bonds is 9. The first kappa shape index (κ1) is 23.8. The Morgan fingerprint density at radius 1 is 1.06 bits per heavy atom. The smallest absolute Gasteiger partial charge is 0.338 e. The predicted octanol–water partition coefficient (Wildman–Crippen LogP) is 2.80. The van der Waals surface area contributed by atoms with Crippen molar-refractivity contribution in [1.29, 1.82) is 0 Å². The van der Waals surface area contributed by atoms with Gasteiger partial charge in [0.1, 0.15) is 5.75 Å². The van der Waals surface area contributed by atoms with Crippen molar-refractivity contribution in [3.8, 4) is 5.75 Å². The van der Waals surface area contributed by atoms with E-state index in [1.54, 1.807) is 36.4 Å². The number of benzene rings is 2. The quantitative estimate of drug-likeness (QED) is 0.580. The van der Waals surface area contributed by atoms with Crippen LogP contribution in [0.3, 0.4) is 0 Å². The highest BCUT2D eigenvalue weighted by Gasteiger charge is 2.37. The summed E-state index contributed by atoms with van der Waals surface area (Å²) in [6.45, 7) is 1.90. The largest absolute Gasteiger partial charge is 0.495 e. The average Bonchev–Trinajstić information content (AvgIpc) is 3.22. The number of carbonyl (C=O) groups is 4. The lowest BCUT2D eigenvalue weighted by Gasteiger charge is -2.19. The number of nitrogens with zero attached hydrogens (tertiary/aromatic N) is 1.